The van der Waals surface area contributed by atoms with Gasteiger partial charge in [-0.25, -0.2) is 4.98 Å². The molecule has 1 N–H and O–H groups in total. The Morgan fingerprint density at radius 3 is 3.00 bits per heavy atom. The second-order valence-corrected chi connectivity index (χ2v) is 6.21. The lowest BCUT2D eigenvalue weighted by atomic mass is 10.3. The van der Waals surface area contributed by atoms with Crippen LogP contribution in [0, 0.1) is 0 Å². The summed E-state index contributed by atoms with van der Waals surface area (Å²) < 4.78 is 1.72. The highest BCUT2D eigenvalue weighted by Gasteiger charge is 2.08. The second-order valence-electron chi connectivity index (χ2n) is 2.76. The molecule has 0 bridgehead atoms. The molecule has 0 aliphatic rings. The van der Waals surface area contributed by atoms with E-state index in [-0.39, 0.29) is 6.42 Å². The number of rotatable bonds is 5. The second kappa shape index (κ2) is 5.37. The molecular formula is C8H7N3O2S3. The van der Waals surface area contributed by atoms with Gasteiger partial charge in [0.1, 0.15) is 5.01 Å². The van der Waals surface area contributed by atoms with Crippen molar-refractivity contribution in [1.82, 2.24) is 15.2 Å². The largest absolute Gasteiger partial charge is 0.481 e. The first kappa shape index (κ1) is 11.5. The molecule has 0 aliphatic heterocycles. The summed E-state index contributed by atoms with van der Waals surface area (Å²) in [5, 5.41) is 19.1. The number of carboxylic acids is 1. The highest BCUT2D eigenvalue weighted by Crippen LogP contribution is 2.31. The maximum absolute atomic E-state index is 10.4. The Kier molecular flexibility index (Phi) is 3.86. The van der Waals surface area contributed by atoms with Crippen molar-refractivity contribution in [2.45, 2.75) is 21.5 Å². The highest BCUT2D eigenvalue weighted by molar-refractivity contribution is 8.02. The van der Waals surface area contributed by atoms with Crippen molar-refractivity contribution in [2.24, 2.45) is 0 Å². The zero-order chi connectivity index (χ0) is 11.4. The summed E-state index contributed by atoms with van der Waals surface area (Å²) in [6, 6.07) is 0. The molecule has 0 fully saturated rings. The quantitative estimate of drug-likeness (QED) is 0.899. The maximum Gasteiger partial charge on any atom is 0.303 e. The summed E-state index contributed by atoms with van der Waals surface area (Å²) in [7, 11) is 0. The monoisotopic (exact) mass is 273 g/mol. The molecule has 0 spiro atoms. The molecule has 84 valence electrons. The maximum atomic E-state index is 10.4. The van der Waals surface area contributed by atoms with E-state index < -0.39 is 5.97 Å². The van der Waals surface area contributed by atoms with Gasteiger partial charge in [0.2, 0.25) is 0 Å². The molecule has 2 heterocycles. The van der Waals surface area contributed by atoms with Crippen LogP contribution < -0.4 is 0 Å². The van der Waals surface area contributed by atoms with E-state index in [2.05, 4.69) is 15.2 Å². The molecule has 0 atom stereocenters. The number of carbonyl (C=O) groups is 1. The van der Waals surface area contributed by atoms with Crippen molar-refractivity contribution < 1.29 is 9.90 Å². The van der Waals surface area contributed by atoms with Crippen LogP contribution >= 0.6 is 34.4 Å². The summed E-state index contributed by atoms with van der Waals surface area (Å²) in [6.45, 7) is 0. The summed E-state index contributed by atoms with van der Waals surface area (Å²) in [5.74, 6) is -0.815. The molecule has 0 aromatic carbocycles. The van der Waals surface area contributed by atoms with Crippen LogP contribution in [-0.2, 0) is 11.2 Å². The van der Waals surface area contributed by atoms with Crippen molar-refractivity contribution >= 4 is 40.4 Å². The van der Waals surface area contributed by atoms with Crippen molar-refractivity contribution in [3.8, 4) is 0 Å². The summed E-state index contributed by atoms with van der Waals surface area (Å²) >= 11 is 4.41. The van der Waals surface area contributed by atoms with Gasteiger partial charge in [-0.3, -0.25) is 4.79 Å². The van der Waals surface area contributed by atoms with Gasteiger partial charge < -0.3 is 5.11 Å². The molecule has 0 unspecified atom stereocenters. The fourth-order valence-corrected chi connectivity index (χ4v) is 3.65. The molecule has 0 saturated carbocycles. The fourth-order valence-electron chi connectivity index (χ4n) is 0.930. The highest BCUT2D eigenvalue weighted by atomic mass is 32.2. The first-order valence-electron chi connectivity index (χ1n) is 4.35. The van der Waals surface area contributed by atoms with E-state index in [9.17, 15) is 4.79 Å². The fraction of sp³-hybridized carbons (Fsp3) is 0.250. The topological polar surface area (TPSA) is 76.0 Å². The van der Waals surface area contributed by atoms with Gasteiger partial charge in [-0.1, -0.05) is 11.3 Å². The average molecular weight is 273 g/mol. The van der Waals surface area contributed by atoms with Gasteiger partial charge in [-0.05, 0) is 11.8 Å². The molecule has 0 aliphatic carbocycles. The molecule has 2 aromatic heterocycles. The van der Waals surface area contributed by atoms with Crippen molar-refractivity contribution in [2.75, 3.05) is 0 Å². The number of nitrogens with zero attached hydrogens (tertiary/aromatic N) is 3. The zero-order valence-electron chi connectivity index (χ0n) is 7.99. The molecular weight excluding hydrogens is 266 g/mol. The Bertz CT molecular complexity index is 469. The minimum absolute atomic E-state index is 0.0938. The molecule has 0 saturated heterocycles. The number of hydrogen-bond acceptors (Lipinski definition) is 7. The van der Waals surface area contributed by atoms with Gasteiger partial charge in [-0.2, -0.15) is 0 Å². The molecule has 2 aromatic rings. The van der Waals surface area contributed by atoms with Gasteiger partial charge in [-0.15, -0.1) is 21.5 Å². The molecule has 5 nitrogen and oxygen atoms in total. The van der Waals surface area contributed by atoms with E-state index >= 15 is 0 Å². The third-order valence-electron chi connectivity index (χ3n) is 1.59. The first-order valence-corrected chi connectivity index (χ1v) is 6.87. The van der Waals surface area contributed by atoms with E-state index in [1.165, 1.54) is 23.1 Å². The van der Waals surface area contributed by atoms with Crippen LogP contribution in [0.25, 0.3) is 0 Å². The Morgan fingerprint density at radius 2 is 2.31 bits per heavy atom. The van der Waals surface area contributed by atoms with Crippen LogP contribution in [0.4, 0.5) is 0 Å². The van der Waals surface area contributed by atoms with Crippen LogP contribution in [0.3, 0.4) is 0 Å². The summed E-state index contributed by atoms with van der Waals surface area (Å²) in [6.07, 6.45) is 2.27. The van der Waals surface area contributed by atoms with Crippen LogP contribution in [0.5, 0.6) is 0 Å². The lowest BCUT2D eigenvalue weighted by molar-refractivity contribution is -0.136. The third kappa shape index (κ3) is 3.26. The van der Waals surface area contributed by atoms with E-state index in [1.54, 1.807) is 17.5 Å². The van der Waals surface area contributed by atoms with Crippen LogP contribution in [0.1, 0.15) is 11.4 Å². The normalized spacial score (nSPS) is 10.5. The minimum atomic E-state index is -0.815. The number of aryl methyl sites for hydroxylation is 1. The Labute approximate surface area is 104 Å². The summed E-state index contributed by atoms with van der Waals surface area (Å²) in [4.78, 5) is 14.5. The van der Waals surface area contributed by atoms with E-state index in [0.29, 0.717) is 6.42 Å². The lowest BCUT2D eigenvalue weighted by Crippen LogP contribution is -1.96. The van der Waals surface area contributed by atoms with Crippen molar-refractivity contribution in [1.29, 1.82) is 0 Å². The molecule has 2 rings (SSSR count). The number of carboxylic acid groups (broad SMARTS) is 1. The molecule has 0 amide bonds. The van der Waals surface area contributed by atoms with Crippen LogP contribution in [0.2, 0.25) is 0 Å². The van der Waals surface area contributed by atoms with E-state index in [4.69, 9.17) is 5.11 Å². The standard InChI is InChI=1S/C8H7N3O2S3/c12-6(13)2-1-5-10-11-8(15-5)16-7-9-3-4-14-7/h3-4H,1-2H2,(H,12,13). The van der Waals surface area contributed by atoms with E-state index in [1.807, 2.05) is 5.38 Å². The molecule has 8 heteroatoms. The predicted molar refractivity (Wildman–Crippen MR) is 62.1 cm³/mol. The number of hydrogen-bond donors (Lipinski definition) is 1. The van der Waals surface area contributed by atoms with Crippen molar-refractivity contribution in [3.63, 3.8) is 0 Å². The SMILES string of the molecule is O=C(O)CCc1nnc(Sc2nccs2)s1. The molecule has 16 heavy (non-hydrogen) atoms. The van der Waals surface area contributed by atoms with Crippen LogP contribution in [0.15, 0.2) is 20.3 Å². The van der Waals surface area contributed by atoms with Crippen molar-refractivity contribution in [3.05, 3.63) is 16.6 Å². The van der Waals surface area contributed by atoms with Gasteiger partial charge in [0.25, 0.3) is 0 Å². The Morgan fingerprint density at radius 1 is 1.44 bits per heavy atom. The van der Waals surface area contributed by atoms with Crippen LogP contribution in [-0.4, -0.2) is 26.3 Å². The Balaban J connectivity index is 1.94. The third-order valence-corrected chi connectivity index (χ3v) is 4.50. The lowest BCUT2D eigenvalue weighted by Gasteiger charge is -1.88. The van der Waals surface area contributed by atoms with Gasteiger partial charge >= 0.3 is 5.97 Å². The summed E-state index contributed by atoms with van der Waals surface area (Å²) in [5.41, 5.74) is 0. The van der Waals surface area contributed by atoms with Gasteiger partial charge in [0, 0.05) is 18.0 Å². The first-order chi connectivity index (χ1) is 7.74. The number of aliphatic carboxylic acids is 1. The minimum Gasteiger partial charge on any atom is -0.481 e. The average Bonchev–Trinajstić information content (AvgIpc) is 2.87. The van der Waals surface area contributed by atoms with Gasteiger partial charge in [0.05, 0.1) is 6.42 Å². The zero-order valence-corrected chi connectivity index (χ0v) is 10.4. The number of thiazole rings is 1. The van der Waals surface area contributed by atoms with Gasteiger partial charge in [0.15, 0.2) is 8.68 Å². The molecule has 0 radical (unpaired) electrons. The van der Waals surface area contributed by atoms with E-state index in [0.717, 1.165) is 13.7 Å². The smallest absolute Gasteiger partial charge is 0.303 e. The predicted octanol–water partition coefficient (Wildman–Crippen LogP) is 2.16. The number of aromatic nitrogens is 3. The Hall–Kier alpha value is -0.990.